The van der Waals surface area contributed by atoms with Gasteiger partial charge in [0.25, 0.3) is 0 Å². The molecule has 0 atom stereocenters. The Kier molecular flexibility index (Phi) is 7.42. The number of para-hydroxylation sites is 3. The lowest BCUT2D eigenvalue weighted by molar-refractivity contribution is 1.07. The minimum atomic E-state index is 0.617. The molecule has 0 N–H and O–H groups in total. The summed E-state index contributed by atoms with van der Waals surface area (Å²) in [6.07, 6.45) is 0. The van der Waals surface area contributed by atoms with Gasteiger partial charge in [-0.25, -0.2) is 15.0 Å². The van der Waals surface area contributed by atoms with Crippen LogP contribution in [0.25, 0.3) is 100 Å². The van der Waals surface area contributed by atoms with Crippen molar-refractivity contribution in [2.24, 2.45) is 0 Å². The summed E-state index contributed by atoms with van der Waals surface area (Å²) in [4.78, 5) is 15.4. The minimum absolute atomic E-state index is 0.617. The van der Waals surface area contributed by atoms with Crippen LogP contribution in [0.4, 0.5) is 0 Å². The van der Waals surface area contributed by atoms with Gasteiger partial charge in [-0.05, 0) is 65.7 Å². The molecule has 0 radical (unpaired) electrons. The summed E-state index contributed by atoms with van der Waals surface area (Å²) in [5, 5.41) is 4.81. The molecule has 11 aromatic rings. The third-order valence-electron chi connectivity index (χ3n) is 10.8. The molecule has 11 rings (SSSR count). The van der Waals surface area contributed by atoms with E-state index < -0.39 is 0 Å². The Morgan fingerprint density at radius 1 is 0.250 bits per heavy atom. The molecule has 262 valence electrons. The number of hydrogen-bond donors (Lipinski definition) is 0. The molecule has 0 fully saturated rings. The van der Waals surface area contributed by atoms with Crippen molar-refractivity contribution in [2.45, 2.75) is 0 Å². The van der Waals surface area contributed by atoms with Gasteiger partial charge in [-0.2, -0.15) is 0 Å². The summed E-state index contributed by atoms with van der Waals surface area (Å²) in [6, 6.07) is 70.3. The van der Waals surface area contributed by atoms with Crippen molar-refractivity contribution in [1.82, 2.24) is 24.1 Å². The molecule has 0 bridgehead atoms. The molecule has 0 saturated heterocycles. The number of fused-ring (bicyclic) bond motifs is 6. The summed E-state index contributed by atoms with van der Waals surface area (Å²) in [5.41, 5.74) is 11.9. The molecule has 0 aliphatic rings. The second-order valence-electron chi connectivity index (χ2n) is 14.1. The summed E-state index contributed by atoms with van der Waals surface area (Å²) in [5.74, 6) is 1.87. The van der Waals surface area contributed by atoms with Crippen molar-refractivity contribution in [3.8, 4) is 56.7 Å². The van der Waals surface area contributed by atoms with Crippen LogP contribution in [0.3, 0.4) is 0 Å². The van der Waals surface area contributed by atoms with Gasteiger partial charge in [-0.3, -0.25) is 0 Å². The van der Waals surface area contributed by atoms with Crippen molar-refractivity contribution in [3.63, 3.8) is 0 Å². The lowest BCUT2D eigenvalue weighted by atomic mass is 10.0. The Morgan fingerprint density at radius 2 is 0.714 bits per heavy atom. The van der Waals surface area contributed by atoms with Crippen molar-refractivity contribution < 1.29 is 0 Å². The first kappa shape index (κ1) is 31.9. The van der Waals surface area contributed by atoms with E-state index in [0.717, 1.165) is 50.1 Å². The maximum atomic E-state index is 5.21. The molecule has 0 saturated carbocycles. The third-order valence-corrected chi connectivity index (χ3v) is 10.8. The van der Waals surface area contributed by atoms with Gasteiger partial charge in [0, 0.05) is 49.6 Å². The average molecular weight is 716 g/mol. The van der Waals surface area contributed by atoms with E-state index in [-0.39, 0.29) is 0 Å². The first-order valence-corrected chi connectivity index (χ1v) is 18.9. The standard InChI is InChI=1S/C51H33N5/c1-4-15-34(16-5-1)36-28-30-47-44(32-36)42-24-11-13-26-46(42)56(47)40-22-14-19-37(31-40)50-52-49(35-17-6-2-7-18-35)53-51(54-50)38-27-29-43-41-23-10-12-25-45(41)55(48(43)33-38)39-20-8-3-9-21-39/h1-33H. The van der Waals surface area contributed by atoms with Crippen LogP contribution in [0.2, 0.25) is 0 Å². The quantitative estimate of drug-likeness (QED) is 0.172. The average Bonchev–Trinajstić information content (AvgIpc) is 3.79. The highest BCUT2D eigenvalue weighted by Gasteiger charge is 2.18. The van der Waals surface area contributed by atoms with Crippen molar-refractivity contribution in [3.05, 3.63) is 200 Å². The lowest BCUT2D eigenvalue weighted by Gasteiger charge is -2.12. The second kappa shape index (κ2) is 13.0. The van der Waals surface area contributed by atoms with E-state index in [1.165, 1.54) is 32.7 Å². The van der Waals surface area contributed by atoms with E-state index in [9.17, 15) is 0 Å². The predicted octanol–water partition coefficient (Wildman–Crippen LogP) is 12.7. The molecule has 8 aromatic carbocycles. The molecule has 0 aliphatic heterocycles. The van der Waals surface area contributed by atoms with E-state index in [2.05, 4.69) is 191 Å². The van der Waals surface area contributed by atoms with Gasteiger partial charge in [0.05, 0.1) is 22.1 Å². The van der Waals surface area contributed by atoms with E-state index in [4.69, 9.17) is 15.0 Å². The van der Waals surface area contributed by atoms with Crippen molar-refractivity contribution in [2.75, 3.05) is 0 Å². The predicted molar refractivity (Wildman–Crippen MR) is 230 cm³/mol. The first-order valence-electron chi connectivity index (χ1n) is 18.9. The number of rotatable bonds is 6. The summed E-state index contributed by atoms with van der Waals surface area (Å²) >= 11 is 0. The molecule has 5 heteroatoms. The van der Waals surface area contributed by atoms with Crippen LogP contribution in [0, 0.1) is 0 Å². The van der Waals surface area contributed by atoms with Crippen LogP contribution in [-0.2, 0) is 0 Å². The lowest BCUT2D eigenvalue weighted by Crippen LogP contribution is -2.01. The fourth-order valence-corrected chi connectivity index (χ4v) is 8.16. The highest BCUT2D eigenvalue weighted by atomic mass is 15.0. The van der Waals surface area contributed by atoms with Crippen LogP contribution < -0.4 is 0 Å². The first-order chi connectivity index (χ1) is 27.8. The van der Waals surface area contributed by atoms with E-state index in [1.54, 1.807) is 0 Å². The monoisotopic (exact) mass is 715 g/mol. The Labute approximate surface area is 323 Å². The Bertz CT molecular complexity index is 3240. The van der Waals surface area contributed by atoms with Gasteiger partial charge in [-0.15, -0.1) is 0 Å². The van der Waals surface area contributed by atoms with Crippen LogP contribution in [0.1, 0.15) is 0 Å². The summed E-state index contributed by atoms with van der Waals surface area (Å²) in [7, 11) is 0. The zero-order valence-electron chi connectivity index (χ0n) is 30.3. The van der Waals surface area contributed by atoms with Crippen LogP contribution >= 0.6 is 0 Å². The van der Waals surface area contributed by atoms with Crippen molar-refractivity contribution >= 4 is 43.6 Å². The molecule has 56 heavy (non-hydrogen) atoms. The van der Waals surface area contributed by atoms with E-state index in [1.807, 2.05) is 18.2 Å². The number of hydrogen-bond acceptors (Lipinski definition) is 3. The molecular weight excluding hydrogens is 683 g/mol. The smallest absolute Gasteiger partial charge is 0.164 e. The maximum absolute atomic E-state index is 5.21. The molecule has 0 spiro atoms. The molecule has 0 amide bonds. The number of benzene rings is 8. The van der Waals surface area contributed by atoms with Gasteiger partial charge in [-0.1, -0.05) is 146 Å². The zero-order valence-corrected chi connectivity index (χ0v) is 30.3. The van der Waals surface area contributed by atoms with E-state index in [0.29, 0.717) is 17.5 Å². The van der Waals surface area contributed by atoms with Gasteiger partial charge in [0.15, 0.2) is 17.5 Å². The molecule has 3 heterocycles. The molecule has 3 aromatic heterocycles. The zero-order chi connectivity index (χ0) is 37.0. The van der Waals surface area contributed by atoms with Crippen molar-refractivity contribution in [1.29, 1.82) is 0 Å². The number of nitrogens with zero attached hydrogens (tertiary/aromatic N) is 5. The van der Waals surface area contributed by atoms with Crippen LogP contribution in [-0.4, -0.2) is 24.1 Å². The SMILES string of the molecule is c1ccc(-c2ccc3c(c2)c2ccccc2n3-c2cccc(-c3nc(-c4ccccc4)nc(-c4ccc5c6ccccc6n(-c6ccccc6)c5c4)n3)c2)cc1. The summed E-state index contributed by atoms with van der Waals surface area (Å²) in [6.45, 7) is 0. The maximum Gasteiger partial charge on any atom is 0.164 e. The Hall–Kier alpha value is -7.63. The summed E-state index contributed by atoms with van der Waals surface area (Å²) < 4.78 is 4.67. The topological polar surface area (TPSA) is 48.5 Å². The normalized spacial score (nSPS) is 11.6. The molecule has 0 unspecified atom stereocenters. The van der Waals surface area contributed by atoms with Crippen LogP contribution in [0.5, 0.6) is 0 Å². The van der Waals surface area contributed by atoms with Gasteiger partial charge < -0.3 is 9.13 Å². The number of aromatic nitrogens is 5. The molecule has 0 aliphatic carbocycles. The van der Waals surface area contributed by atoms with Gasteiger partial charge >= 0.3 is 0 Å². The van der Waals surface area contributed by atoms with Gasteiger partial charge in [0.1, 0.15) is 0 Å². The van der Waals surface area contributed by atoms with E-state index >= 15 is 0 Å². The van der Waals surface area contributed by atoms with Crippen LogP contribution in [0.15, 0.2) is 200 Å². The highest BCUT2D eigenvalue weighted by molar-refractivity contribution is 6.11. The minimum Gasteiger partial charge on any atom is -0.309 e. The Morgan fingerprint density at radius 3 is 1.41 bits per heavy atom. The highest BCUT2D eigenvalue weighted by Crippen LogP contribution is 2.37. The fourth-order valence-electron chi connectivity index (χ4n) is 8.16. The second-order valence-corrected chi connectivity index (χ2v) is 14.1. The molecule has 5 nitrogen and oxygen atoms in total. The Balaban J connectivity index is 1.09. The van der Waals surface area contributed by atoms with Gasteiger partial charge in [0.2, 0.25) is 0 Å². The largest absolute Gasteiger partial charge is 0.309 e. The third kappa shape index (κ3) is 5.29. The fraction of sp³-hybridized carbons (Fsp3) is 0. The molecular formula is C51H33N5.